The lowest BCUT2D eigenvalue weighted by atomic mass is 10.1. The molecular formula is C14H20N2O2. The van der Waals surface area contributed by atoms with E-state index in [1.807, 2.05) is 13.8 Å². The summed E-state index contributed by atoms with van der Waals surface area (Å²) in [7, 11) is 0. The zero-order chi connectivity index (χ0) is 13.5. The van der Waals surface area contributed by atoms with Gasteiger partial charge < -0.3 is 10.4 Å². The van der Waals surface area contributed by atoms with Gasteiger partial charge in [-0.1, -0.05) is 13.8 Å². The van der Waals surface area contributed by atoms with Gasteiger partial charge in [-0.3, -0.25) is 0 Å². The number of rotatable bonds is 4. The maximum absolute atomic E-state index is 11.3. The average molecular weight is 248 g/mol. The van der Waals surface area contributed by atoms with Gasteiger partial charge in [0, 0.05) is 12.2 Å². The molecule has 1 aliphatic rings. The Balaban J connectivity index is 2.18. The Bertz CT molecular complexity index is 495. The van der Waals surface area contributed by atoms with E-state index in [2.05, 4.69) is 24.1 Å². The molecule has 1 fully saturated rings. The lowest BCUT2D eigenvalue weighted by Gasteiger charge is -2.12. The van der Waals surface area contributed by atoms with Crippen LogP contribution in [-0.2, 0) is 0 Å². The lowest BCUT2D eigenvalue weighted by Crippen LogP contribution is -2.14. The summed E-state index contributed by atoms with van der Waals surface area (Å²) >= 11 is 0. The molecule has 1 heterocycles. The molecule has 0 radical (unpaired) electrons. The van der Waals surface area contributed by atoms with Crippen molar-refractivity contribution in [3.63, 3.8) is 0 Å². The third-order valence-electron chi connectivity index (χ3n) is 3.79. The zero-order valence-electron chi connectivity index (χ0n) is 11.4. The second-order valence-corrected chi connectivity index (χ2v) is 5.88. The molecule has 2 N–H and O–H groups in total. The van der Waals surface area contributed by atoms with Crippen LogP contribution >= 0.6 is 0 Å². The number of hydrogen-bond acceptors (Lipinski definition) is 3. The van der Waals surface area contributed by atoms with Crippen LogP contribution in [0.2, 0.25) is 0 Å². The Morgan fingerprint density at radius 3 is 2.67 bits per heavy atom. The molecule has 0 amide bonds. The van der Waals surface area contributed by atoms with Crippen LogP contribution in [-0.4, -0.2) is 22.6 Å². The number of pyridine rings is 1. The van der Waals surface area contributed by atoms with Gasteiger partial charge in [-0.05, 0) is 43.2 Å². The summed E-state index contributed by atoms with van der Waals surface area (Å²) < 4.78 is 0. The van der Waals surface area contributed by atoms with Gasteiger partial charge >= 0.3 is 5.97 Å². The fraction of sp³-hybridized carbons (Fsp3) is 0.571. The van der Waals surface area contributed by atoms with E-state index in [9.17, 15) is 9.90 Å². The zero-order valence-corrected chi connectivity index (χ0v) is 11.4. The molecule has 0 aromatic carbocycles. The Kier molecular flexibility index (Phi) is 3.05. The molecule has 1 aliphatic carbocycles. The Labute approximate surface area is 107 Å². The summed E-state index contributed by atoms with van der Waals surface area (Å²) in [6.45, 7) is 8.94. The van der Waals surface area contributed by atoms with Crippen LogP contribution in [0.15, 0.2) is 6.07 Å². The fourth-order valence-electron chi connectivity index (χ4n) is 2.38. The van der Waals surface area contributed by atoms with Crippen molar-refractivity contribution in [3.8, 4) is 0 Å². The van der Waals surface area contributed by atoms with Gasteiger partial charge in [-0.25, -0.2) is 9.78 Å². The molecule has 1 aromatic heterocycles. The van der Waals surface area contributed by atoms with E-state index in [1.54, 1.807) is 6.07 Å². The smallest absolute Gasteiger partial charge is 0.339 e. The summed E-state index contributed by atoms with van der Waals surface area (Å²) in [5.74, 6) is 0.196. The monoisotopic (exact) mass is 248 g/mol. The highest BCUT2D eigenvalue weighted by molar-refractivity contribution is 5.94. The van der Waals surface area contributed by atoms with E-state index in [-0.39, 0.29) is 0 Å². The van der Waals surface area contributed by atoms with Crippen LogP contribution in [0.3, 0.4) is 0 Å². The van der Waals surface area contributed by atoms with E-state index in [4.69, 9.17) is 0 Å². The standard InChI is InChI=1S/C14H20N2O2/c1-8-5-9(2)16-12(11(8)13(17)18)15-7-10-6-14(10,3)4/h5,10H,6-7H2,1-4H3,(H,15,16)(H,17,18). The summed E-state index contributed by atoms with van der Waals surface area (Å²) in [6.07, 6.45) is 1.19. The minimum absolute atomic E-state index is 0.291. The number of aromatic nitrogens is 1. The van der Waals surface area contributed by atoms with E-state index in [0.29, 0.717) is 22.7 Å². The quantitative estimate of drug-likeness (QED) is 0.860. The number of carboxylic acid groups (broad SMARTS) is 1. The predicted molar refractivity (Wildman–Crippen MR) is 71.0 cm³/mol. The first-order valence-corrected chi connectivity index (χ1v) is 6.26. The summed E-state index contributed by atoms with van der Waals surface area (Å²) in [5, 5.41) is 12.4. The van der Waals surface area contributed by atoms with Crippen molar-refractivity contribution in [2.75, 3.05) is 11.9 Å². The number of nitrogens with one attached hydrogen (secondary N) is 1. The maximum Gasteiger partial charge on any atom is 0.339 e. The van der Waals surface area contributed by atoms with Gasteiger partial charge in [0.2, 0.25) is 0 Å². The number of hydrogen-bond donors (Lipinski definition) is 2. The molecule has 2 rings (SSSR count). The molecule has 18 heavy (non-hydrogen) atoms. The van der Waals surface area contributed by atoms with Crippen molar-refractivity contribution in [2.45, 2.75) is 34.1 Å². The summed E-state index contributed by atoms with van der Waals surface area (Å²) in [4.78, 5) is 15.6. The predicted octanol–water partition coefficient (Wildman–Crippen LogP) is 2.85. The van der Waals surface area contributed by atoms with Gasteiger partial charge in [-0.2, -0.15) is 0 Å². The Morgan fingerprint density at radius 1 is 1.56 bits per heavy atom. The van der Waals surface area contributed by atoms with Crippen molar-refractivity contribution in [2.24, 2.45) is 11.3 Å². The minimum Gasteiger partial charge on any atom is -0.478 e. The number of anilines is 1. The molecule has 1 unspecified atom stereocenters. The van der Waals surface area contributed by atoms with Crippen molar-refractivity contribution >= 4 is 11.8 Å². The highest BCUT2D eigenvalue weighted by Crippen LogP contribution is 2.51. The van der Waals surface area contributed by atoms with Gasteiger partial charge in [0.25, 0.3) is 0 Å². The highest BCUT2D eigenvalue weighted by atomic mass is 16.4. The van der Waals surface area contributed by atoms with Gasteiger partial charge in [-0.15, -0.1) is 0 Å². The first kappa shape index (κ1) is 12.9. The molecule has 1 aromatic rings. The second-order valence-electron chi connectivity index (χ2n) is 5.88. The number of carboxylic acids is 1. The normalized spacial score (nSPS) is 20.6. The highest BCUT2D eigenvalue weighted by Gasteiger charge is 2.45. The largest absolute Gasteiger partial charge is 0.478 e. The molecule has 1 saturated carbocycles. The minimum atomic E-state index is -0.919. The SMILES string of the molecule is Cc1cc(C)c(C(=O)O)c(NCC2CC2(C)C)n1. The number of carbonyl (C=O) groups is 1. The molecule has 4 nitrogen and oxygen atoms in total. The molecule has 1 atom stereocenters. The number of aryl methyl sites for hydroxylation is 2. The van der Waals surface area contributed by atoms with E-state index >= 15 is 0 Å². The molecular weight excluding hydrogens is 228 g/mol. The molecule has 0 saturated heterocycles. The number of nitrogens with zero attached hydrogens (tertiary/aromatic N) is 1. The fourth-order valence-corrected chi connectivity index (χ4v) is 2.38. The van der Waals surface area contributed by atoms with Gasteiger partial charge in [0.15, 0.2) is 0 Å². The van der Waals surface area contributed by atoms with Crippen molar-refractivity contribution in [3.05, 3.63) is 22.9 Å². The van der Waals surface area contributed by atoms with Crippen LogP contribution in [0.5, 0.6) is 0 Å². The van der Waals surface area contributed by atoms with Crippen molar-refractivity contribution in [1.82, 2.24) is 4.98 Å². The molecule has 4 heteroatoms. The van der Waals surface area contributed by atoms with E-state index < -0.39 is 5.97 Å². The van der Waals surface area contributed by atoms with Crippen LogP contribution < -0.4 is 5.32 Å². The topological polar surface area (TPSA) is 62.2 Å². The van der Waals surface area contributed by atoms with Crippen molar-refractivity contribution < 1.29 is 9.90 Å². The molecule has 0 bridgehead atoms. The molecule has 0 spiro atoms. The first-order valence-electron chi connectivity index (χ1n) is 6.26. The average Bonchev–Trinajstić information content (AvgIpc) is 2.81. The third-order valence-corrected chi connectivity index (χ3v) is 3.79. The second kappa shape index (κ2) is 4.26. The molecule has 98 valence electrons. The Morgan fingerprint density at radius 2 is 2.17 bits per heavy atom. The van der Waals surface area contributed by atoms with E-state index in [1.165, 1.54) is 6.42 Å². The van der Waals surface area contributed by atoms with Crippen LogP contribution in [0, 0.1) is 25.2 Å². The Hall–Kier alpha value is -1.58. The van der Waals surface area contributed by atoms with Crippen LogP contribution in [0.25, 0.3) is 0 Å². The summed E-state index contributed by atoms with van der Waals surface area (Å²) in [6, 6.07) is 1.80. The van der Waals surface area contributed by atoms with Gasteiger partial charge in [0.1, 0.15) is 11.4 Å². The third kappa shape index (κ3) is 2.47. The first-order chi connectivity index (χ1) is 8.31. The number of aromatic carboxylic acids is 1. The van der Waals surface area contributed by atoms with Crippen molar-refractivity contribution in [1.29, 1.82) is 0 Å². The summed E-state index contributed by atoms with van der Waals surface area (Å²) in [5.41, 5.74) is 2.27. The van der Waals surface area contributed by atoms with Crippen LogP contribution in [0.1, 0.15) is 41.9 Å². The van der Waals surface area contributed by atoms with Gasteiger partial charge in [0.05, 0.1) is 0 Å². The molecule has 0 aliphatic heterocycles. The van der Waals surface area contributed by atoms with E-state index in [0.717, 1.165) is 17.8 Å². The maximum atomic E-state index is 11.3. The van der Waals surface area contributed by atoms with Crippen LogP contribution in [0.4, 0.5) is 5.82 Å². The lowest BCUT2D eigenvalue weighted by molar-refractivity contribution is 0.0697.